The van der Waals surface area contributed by atoms with Gasteiger partial charge in [0.05, 0.1) is 16.9 Å². The second kappa shape index (κ2) is 9.26. The van der Waals surface area contributed by atoms with Crippen LogP contribution in [0.15, 0.2) is 77.7 Å². The highest BCUT2D eigenvalue weighted by molar-refractivity contribution is 6.00. The fourth-order valence-corrected chi connectivity index (χ4v) is 3.30. The van der Waals surface area contributed by atoms with Crippen LogP contribution in [0.5, 0.6) is 5.75 Å². The van der Waals surface area contributed by atoms with Crippen molar-refractivity contribution in [3.05, 3.63) is 100 Å². The molecule has 0 spiro atoms. The van der Waals surface area contributed by atoms with Gasteiger partial charge in [0.1, 0.15) is 18.0 Å². The number of aromatic nitrogens is 2. The maximum Gasteiger partial charge on any atom is 0.418 e. The third kappa shape index (κ3) is 5.17. The number of nitrogens with one attached hydrogen (secondary N) is 2. The first-order chi connectivity index (χ1) is 16.2. The highest BCUT2D eigenvalue weighted by Gasteiger charge is 2.33. The predicted molar refractivity (Wildman–Crippen MR) is 121 cm³/mol. The molecular weight excluding hydrogens is 449 g/mol. The molecule has 0 saturated heterocycles. The topological polar surface area (TPSA) is 84.7 Å². The number of pyridine rings is 1. The van der Waals surface area contributed by atoms with Gasteiger partial charge in [0.2, 0.25) is 0 Å². The van der Waals surface area contributed by atoms with Gasteiger partial charge in [-0.1, -0.05) is 18.2 Å². The van der Waals surface area contributed by atoms with Crippen molar-refractivity contribution in [2.75, 3.05) is 10.6 Å². The Morgan fingerprint density at radius 3 is 2.50 bits per heavy atom. The van der Waals surface area contributed by atoms with Crippen molar-refractivity contribution in [1.29, 1.82) is 0 Å². The van der Waals surface area contributed by atoms with E-state index in [0.29, 0.717) is 22.8 Å². The highest BCUT2D eigenvalue weighted by atomic mass is 19.4. The van der Waals surface area contributed by atoms with E-state index in [1.165, 1.54) is 40.8 Å². The summed E-state index contributed by atoms with van der Waals surface area (Å²) in [6, 6.07) is 15.2. The maximum atomic E-state index is 13.1. The summed E-state index contributed by atoms with van der Waals surface area (Å²) < 4.78 is 46.4. The number of urea groups is 1. The van der Waals surface area contributed by atoms with Crippen molar-refractivity contribution in [2.24, 2.45) is 0 Å². The summed E-state index contributed by atoms with van der Waals surface area (Å²) in [5.74, 6) is 0.458. The molecule has 10 heteroatoms. The number of hydrogen-bond donors (Lipinski definition) is 2. The zero-order chi connectivity index (χ0) is 24.3. The maximum absolute atomic E-state index is 13.1. The lowest BCUT2D eigenvalue weighted by Crippen LogP contribution is -2.21. The molecule has 34 heavy (non-hydrogen) atoms. The third-order valence-electron chi connectivity index (χ3n) is 4.92. The number of nitrogens with zero attached hydrogens (tertiary/aromatic N) is 2. The van der Waals surface area contributed by atoms with Crippen LogP contribution >= 0.6 is 0 Å². The van der Waals surface area contributed by atoms with Crippen LogP contribution in [0.1, 0.15) is 16.8 Å². The Kier molecular flexibility index (Phi) is 6.22. The smallest absolute Gasteiger partial charge is 0.418 e. The van der Waals surface area contributed by atoms with E-state index in [9.17, 15) is 22.8 Å². The molecule has 2 heterocycles. The van der Waals surface area contributed by atoms with E-state index in [0.717, 1.165) is 11.6 Å². The molecule has 4 rings (SSSR count). The number of anilines is 2. The van der Waals surface area contributed by atoms with E-state index in [4.69, 9.17) is 4.74 Å². The summed E-state index contributed by atoms with van der Waals surface area (Å²) >= 11 is 0. The van der Waals surface area contributed by atoms with Crippen LogP contribution in [0.2, 0.25) is 0 Å². The molecule has 0 atom stereocenters. The van der Waals surface area contributed by atoms with Crippen molar-refractivity contribution < 1.29 is 22.7 Å². The van der Waals surface area contributed by atoms with Gasteiger partial charge < -0.3 is 15.4 Å². The van der Waals surface area contributed by atoms with E-state index in [2.05, 4.69) is 15.6 Å². The van der Waals surface area contributed by atoms with Crippen molar-refractivity contribution in [3.63, 3.8) is 0 Å². The van der Waals surface area contributed by atoms with Gasteiger partial charge in [-0.2, -0.15) is 13.2 Å². The summed E-state index contributed by atoms with van der Waals surface area (Å²) in [5.41, 5.74) is 0.716. The van der Waals surface area contributed by atoms with Crippen molar-refractivity contribution >= 4 is 23.1 Å². The van der Waals surface area contributed by atoms with E-state index in [1.54, 1.807) is 24.4 Å². The minimum Gasteiger partial charge on any atom is -0.487 e. The lowest BCUT2D eigenvalue weighted by atomic mass is 10.1. The average Bonchev–Trinajstić information content (AvgIpc) is 2.79. The Hall–Kier alpha value is -4.34. The number of benzene rings is 2. The fraction of sp³-hybridized carbons (Fsp3) is 0.125. The molecule has 0 aliphatic rings. The lowest BCUT2D eigenvalue weighted by Gasteiger charge is -2.14. The van der Waals surface area contributed by atoms with E-state index in [1.807, 2.05) is 13.0 Å². The molecule has 0 saturated carbocycles. The molecule has 7 nitrogen and oxygen atoms in total. The number of rotatable bonds is 5. The Morgan fingerprint density at radius 2 is 1.76 bits per heavy atom. The largest absolute Gasteiger partial charge is 0.487 e. The van der Waals surface area contributed by atoms with Crippen LogP contribution in [-0.2, 0) is 12.8 Å². The molecule has 0 bridgehead atoms. The number of fused-ring (bicyclic) bond motifs is 1. The number of ether oxygens (including phenoxy) is 1. The number of amides is 2. The number of alkyl halides is 3. The van der Waals surface area contributed by atoms with E-state index < -0.39 is 17.8 Å². The summed E-state index contributed by atoms with van der Waals surface area (Å²) in [4.78, 5) is 28.9. The van der Waals surface area contributed by atoms with Crippen LogP contribution in [-0.4, -0.2) is 15.4 Å². The van der Waals surface area contributed by atoms with Crippen molar-refractivity contribution in [2.45, 2.75) is 19.7 Å². The Balaban J connectivity index is 1.39. The Morgan fingerprint density at radius 1 is 1.03 bits per heavy atom. The molecule has 4 aromatic rings. The first kappa shape index (κ1) is 22.8. The monoisotopic (exact) mass is 468 g/mol. The van der Waals surface area contributed by atoms with Gasteiger partial charge in [-0.05, 0) is 55.0 Å². The van der Waals surface area contributed by atoms with Gasteiger partial charge in [0, 0.05) is 18.0 Å². The van der Waals surface area contributed by atoms with Crippen LogP contribution in [0.3, 0.4) is 0 Å². The summed E-state index contributed by atoms with van der Waals surface area (Å²) in [6.07, 6.45) is -2.95. The van der Waals surface area contributed by atoms with Crippen LogP contribution in [0.4, 0.5) is 29.3 Å². The fourth-order valence-electron chi connectivity index (χ4n) is 3.30. The van der Waals surface area contributed by atoms with Crippen molar-refractivity contribution in [3.8, 4) is 5.75 Å². The highest BCUT2D eigenvalue weighted by Crippen LogP contribution is 2.34. The Bertz CT molecular complexity index is 1400. The minimum absolute atomic E-state index is 0.0571. The van der Waals surface area contributed by atoms with Gasteiger partial charge in [-0.15, -0.1) is 0 Å². The molecule has 0 aliphatic carbocycles. The average molecular weight is 468 g/mol. The molecule has 0 aliphatic heterocycles. The van der Waals surface area contributed by atoms with Crippen LogP contribution in [0, 0.1) is 6.92 Å². The predicted octanol–water partition coefficient (Wildman–Crippen LogP) is 5.24. The molecule has 0 radical (unpaired) electrons. The number of para-hydroxylation sites is 1. The molecular formula is C24H19F3N4O3. The first-order valence-corrected chi connectivity index (χ1v) is 10.2. The second-order valence-corrected chi connectivity index (χ2v) is 7.41. The van der Waals surface area contributed by atoms with Crippen molar-refractivity contribution in [1.82, 2.24) is 9.38 Å². The van der Waals surface area contributed by atoms with Gasteiger partial charge in [0.25, 0.3) is 5.56 Å². The van der Waals surface area contributed by atoms with Gasteiger partial charge in [0.15, 0.2) is 0 Å². The number of halogens is 3. The van der Waals surface area contributed by atoms with Gasteiger partial charge >= 0.3 is 12.2 Å². The lowest BCUT2D eigenvalue weighted by molar-refractivity contribution is -0.136. The van der Waals surface area contributed by atoms with E-state index in [-0.39, 0.29) is 17.9 Å². The second-order valence-electron chi connectivity index (χ2n) is 7.41. The normalized spacial score (nSPS) is 11.3. The van der Waals surface area contributed by atoms with Gasteiger partial charge in [-0.25, -0.2) is 9.78 Å². The first-order valence-electron chi connectivity index (χ1n) is 10.2. The molecule has 0 unspecified atom stereocenters. The number of hydrogen-bond acceptors (Lipinski definition) is 4. The molecule has 174 valence electrons. The quantitative estimate of drug-likeness (QED) is 0.419. The Labute approximate surface area is 191 Å². The number of carbonyl (C=O) groups is 1. The standard InChI is InChI=1S/C24H19F3N4O3/c1-15-5-4-12-31-21(32)13-17(28-22(15)31)14-34-18-10-8-16(9-11-18)29-23(33)30-20-7-3-2-6-19(20)24(25,26)27/h2-13H,14H2,1H3,(H2,29,30,33). The molecule has 2 aromatic carbocycles. The zero-order valence-electron chi connectivity index (χ0n) is 17.9. The van der Waals surface area contributed by atoms with Crippen LogP contribution < -0.4 is 20.9 Å². The SMILES string of the molecule is Cc1cccn2c(=O)cc(COc3ccc(NC(=O)Nc4ccccc4C(F)(F)F)cc3)nc12. The summed E-state index contributed by atoms with van der Waals surface area (Å²) in [5, 5.41) is 4.68. The minimum atomic E-state index is -4.59. The number of carbonyl (C=O) groups excluding carboxylic acids is 1. The summed E-state index contributed by atoms with van der Waals surface area (Å²) in [6.45, 7) is 1.91. The molecule has 2 amide bonds. The zero-order valence-corrected chi connectivity index (χ0v) is 17.9. The van der Waals surface area contributed by atoms with E-state index >= 15 is 0 Å². The third-order valence-corrected chi connectivity index (χ3v) is 4.92. The number of aryl methyl sites for hydroxylation is 1. The van der Waals surface area contributed by atoms with Gasteiger partial charge in [-0.3, -0.25) is 9.20 Å². The molecule has 2 N–H and O–H groups in total. The van der Waals surface area contributed by atoms with Crippen LogP contribution in [0.25, 0.3) is 5.65 Å². The summed E-state index contributed by atoms with van der Waals surface area (Å²) in [7, 11) is 0. The molecule has 2 aromatic heterocycles. The molecule has 0 fully saturated rings.